The Morgan fingerprint density at radius 3 is 2.33 bits per heavy atom. The Morgan fingerprint density at radius 1 is 1.04 bits per heavy atom. The van der Waals surface area contributed by atoms with E-state index in [1.807, 2.05) is 0 Å². The van der Waals surface area contributed by atoms with E-state index in [4.69, 9.17) is 4.74 Å². The smallest absolute Gasteiger partial charge is 0.416 e. The first-order valence-corrected chi connectivity index (χ1v) is 8.03. The van der Waals surface area contributed by atoms with E-state index in [1.165, 1.54) is 12.1 Å². The zero-order chi connectivity index (χ0) is 19.9. The number of esters is 1. The summed E-state index contributed by atoms with van der Waals surface area (Å²) >= 11 is 0. The lowest BCUT2D eigenvalue weighted by molar-refractivity contribution is -0.145. The molecule has 1 N–H and O–H groups in total. The second-order valence-corrected chi connectivity index (χ2v) is 5.40. The minimum atomic E-state index is -4.40. The van der Waals surface area contributed by atoms with Crippen molar-refractivity contribution in [3.63, 3.8) is 0 Å². The Hall–Kier alpha value is -3.27. The molecule has 0 aromatic heterocycles. The molecule has 0 saturated heterocycles. The predicted molar refractivity (Wildman–Crippen MR) is 93.7 cm³/mol. The fraction of sp³-hybridized carbons (Fsp3) is 0.200. The molecule has 2 aromatic rings. The van der Waals surface area contributed by atoms with E-state index >= 15 is 0 Å². The maximum absolute atomic E-state index is 12.6. The van der Waals surface area contributed by atoms with E-state index < -0.39 is 30.0 Å². The molecule has 140 valence electrons. The molecular weight excluding hydrogens is 359 g/mol. The van der Waals surface area contributed by atoms with Crippen molar-refractivity contribution in [3.05, 3.63) is 65.2 Å². The third kappa shape index (κ3) is 6.19. The van der Waals surface area contributed by atoms with Crippen molar-refractivity contribution in [1.29, 1.82) is 0 Å². The number of benzene rings is 2. The highest BCUT2D eigenvalue weighted by Crippen LogP contribution is 2.29. The van der Waals surface area contributed by atoms with Gasteiger partial charge in [0.15, 0.2) is 0 Å². The van der Waals surface area contributed by atoms with Gasteiger partial charge in [0, 0.05) is 11.1 Å². The number of carbonyl (C=O) groups excluding carboxylic acids is 2. The van der Waals surface area contributed by atoms with Crippen LogP contribution in [0.15, 0.2) is 48.5 Å². The number of alkyl halides is 3. The standard InChI is InChI=1S/C20H16F3NO3/c1-2-27-19(26)13-18(25)24-17-6-4-3-5-15(17)10-7-14-8-11-16(12-9-14)20(21,22)23/h3-6,8-9,11-12H,2,13H2,1H3,(H,24,25). The summed E-state index contributed by atoms with van der Waals surface area (Å²) in [6.45, 7) is 1.82. The van der Waals surface area contributed by atoms with Gasteiger partial charge >= 0.3 is 12.1 Å². The highest BCUT2D eigenvalue weighted by atomic mass is 19.4. The molecule has 0 aliphatic heterocycles. The van der Waals surface area contributed by atoms with Gasteiger partial charge in [-0.2, -0.15) is 13.2 Å². The Kier molecular flexibility index (Phi) is 6.61. The molecule has 2 aromatic carbocycles. The van der Waals surface area contributed by atoms with Crippen LogP contribution in [-0.4, -0.2) is 18.5 Å². The second kappa shape index (κ2) is 8.90. The summed E-state index contributed by atoms with van der Waals surface area (Å²) in [6.07, 6.45) is -4.82. The lowest BCUT2D eigenvalue weighted by atomic mass is 10.1. The average Bonchev–Trinajstić information content (AvgIpc) is 2.60. The molecule has 0 atom stereocenters. The number of hydrogen-bond acceptors (Lipinski definition) is 3. The highest BCUT2D eigenvalue weighted by molar-refractivity contribution is 6.02. The molecule has 4 nitrogen and oxygen atoms in total. The van der Waals surface area contributed by atoms with Gasteiger partial charge in [-0.3, -0.25) is 9.59 Å². The first kappa shape index (κ1) is 20.0. The van der Waals surface area contributed by atoms with Crippen molar-refractivity contribution in [1.82, 2.24) is 0 Å². The molecular formula is C20H16F3NO3. The lowest BCUT2D eigenvalue weighted by Gasteiger charge is -2.07. The SMILES string of the molecule is CCOC(=O)CC(=O)Nc1ccccc1C#Cc1ccc(C(F)(F)F)cc1. The number of para-hydroxylation sites is 1. The van der Waals surface area contributed by atoms with Gasteiger partial charge in [0.25, 0.3) is 0 Å². The summed E-state index contributed by atoms with van der Waals surface area (Å²) in [6, 6.07) is 11.1. The molecule has 27 heavy (non-hydrogen) atoms. The number of halogens is 3. The summed E-state index contributed by atoms with van der Waals surface area (Å²) in [4.78, 5) is 23.2. The average molecular weight is 375 g/mol. The van der Waals surface area contributed by atoms with Crippen molar-refractivity contribution < 1.29 is 27.5 Å². The van der Waals surface area contributed by atoms with Crippen LogP contribution in [0.2, 0.25) is 0 Å². The van der Waals surface area contributed by atoms with E-state index in [-0.39, 0.29) is 6.61 Å². The van der Waals surface area contributed by atoms with Gasteiger partial charge in [0.2, 0.25) is 5.91 Å². The summed E-state index contributed by atoms with van der Waals surface area (Å²) in [7, 11) is 0. The summed E-state index contributed by atoms with van der Waals surface area (Å²) in [5.41, 5.74) is 0.510. The summed E-state index contributed by atoms with van der Waals surface area (Å²) in [5, 5.41) is 2.57. The topological polar surface area (TPSA) is 55.4 Å². The molecule has 0 spiro atoms. The molecule has 2 rings (SSSR count). The number of anilines is 1. The highest BCUT2D eigenvalue weighted by Gasteiger charge is 2.29. The Labute approximate surface area is 154 Å². The first-order valence-electron chi connectivity index (χ1n) is 8.03. The molecule has 0 bridgehead atoms. The largest absolute Gasteiger partial charge is 0.466 e. The fourth-order valence-electron chi connectivity index (χ4n) is 2.12. The first-order chi connectivity index (χ1) is 12.8. The molecule has 0 fully saturated rings. The van der Waals surface area contributed by atoms with Crippen molar-refractivity contribution >= 4 is 17.6 Å². The number of amides is 1. The van der Waals surface area contributed by atoms with Crippen molar-refractivity contribution in [2.24, 2.45) is 0 Å². The fourth-order valence-corrected chi connectivity index (χ4v) is 2.12. The number of carbonyl (C=O) groups is 2. The Balaban J connectivity index is 2.14. The molecule has 0 radical (unpaired) electrons. The zero-order valence-electron chi connectivity index (χ0n) is 14.4. The third-order valence-corrected chi connectivity index (χ3v) is 3.37. The van der Waals surface area contributed by atoms with Gasteiger partial charge in [-0.25, -0.2) is 0 Å². The van der Waals surface area contributed by atoms with E-state index in [1.54, 1.807) is 31.2 Å². The van der Waals surface area contributed by atoms with Crippen LogP contribution in [0, 0.1) is 11.8 Å². The van der Waals surface area contributed by atoms with Crippen LogP contribution >= 0.6 is 0 Å². The van der Waals surface area contributed by atoms with Crippen molar-refractivity contribution in [3.8, 4) is 11.8 Å². The van der Waals surface area contributed by atoms with Gasteiger partial charge in [0.05, 0.1) is 17.9 Å². The van der Waals surface area contributed by atoms with E-state index in [0.29, 0.717) is 16.8 Å². The Morgan fingerprint density at radius 2 is 1.70 bits per heavy atom. The molecule has 0 unspecified atom stereocenters. The lowest BCUT2D eigenvalue weighted by Crippen LogP contribution is -2.18. The number of hydrogen-bond donors (Lipinski definition) is 1. The van der Waals surface area contributed by atoms with Gasteiger partial charge < -0.3 is 10.1 Å². The quantitative estimate of drug-likeness (QED) is 0.499. The minimum absolute atomic E-state index is 0.182. The van der Waals surface area contributed by atoms with Crippen LogP contribution in [0.25, 0.3) is 0 Å². The summed E-state index contributed by atoms with van der Waals surface area (Å²) in [5.74, 6) is 4.38. The predicted octanol–water partition coefficient (Wildman–Crippen LogP) is 4.00. The maximum atomic E-state index is 12.6. The molecule has 0 heterocycles. The molecule has 0 saturated carbocycles. The number of nitrogens with one attached hydrogen (secondary N) is 1. The monoisotopic (exact) mass is 375 g/mol. The van der Waals surface area contributed by atoms with Gasteiger partial charge in [-0.1, -0.05) is 24.0 Å². The maximum Gasteiger partial charge on any atom is 0.416 e. The van der Waals surface area contributed by atoms with Gasteiger partial charge in [-0.05, 0) is 43.3 Å². The van der Waals surface area contributed by atoms with E-state index in [9.17, 15) is 22.8 Å². The number of ether oxygens (including phenoxy) is 1. The van der Waals surface area contributed by atoms with Crippen LogP contribution in [-0.2, 0) is 20.5 Å². The van der Waals surface area contributed by atoms with Crippen LogP contribution in [0.4, 0.5) is 18.9 Å². The Bertz CT molecular complexity index is 878. The van der Waals surface area contributed by atoms with Crippen molar-refractivity contribution in [2.75, 3.05) is 11.9 Å². The van der Waals surface area contributed by atoms with Gasteiger partial charge in [-0.15, -0.1) is 0 Å². The van der Waals surface area contributed by atoms with Crippen LogP contribution in [0.1, 0.15) is 30.0 Å². The molecule has 7 heteroatoms. The summed E-state index contributed by atoms with van der Waals surface area (Å²) < 4.78 is 42.4. The van der Waals surface area contributed by atoms with Crippen LogP contribution in [0.3, 0.4) is 0 Å². The van der Waals surface area contributed by atoms with Crippen LogP contribution in [0.5, 0.6) is 0 Å². The third-order valence-electron chi connectivity index (χ3n) is 3.37. The molecule has 1 amide bonds. The zero-order valence-corrected chi connectivity index (χ0v) is 14.4. The van der Waals surface area contributed by atoms with E-state index in [0.717, 1.165) is 12.1 Å². The van der Waals surface area contributed by atoms with Gasteiger partial charge in [0.1, 0.15) is 6.42 Å². The van der Waals surface area contributed by atoms with Crippen LogP contribution < -0.4 is 5.32 Å². The second-order valence-electron chi connectivity index (χ2n) is 5.40. The minimum Gasteiger partial charge on any atom is -0.466 e. The van der Waals surface area contributed by atoms with Crippen molar-refractivity contribution in [2.45, 2.75) is 19.5 Å². The normalized spacial score (nSPS) is 10.5. The molecule has 0 aliphatic rings. The number of rotatable bonds is 4. The molecule has 0 aliphatic carbocycles. The van der Waals surface area contributed by atoms with E-state index in [2.05, 4.69) is 17.2 Å².